The maximum absolute atomic E-state index is 13.4. The Hall–Kier alpha value is -0.950. The lowest BCUT2D eigenvalue weighted by molar-refractivity contribution is -0.0329. The van der Waals surface area contributed by atoms with Gasteiger partial charge in [-0.3, -0.25) is 0 Å². The van der Waals surface area contributed by atoms with Gasteiger partial charge in [0.25, 0.3) is 0 Å². The van der Waals surface area contributed by atoms with Crippen LogP contribution in [0.15, 0.2) is 18.2 Å². The summed E-state index contributed by atoms with van der Waals surface area (Å²) in [6.45, 7) is 0.208. The number of alkyl halides is 3. The Bertz CT molecular complexity index is 384. The standard InChI is InChI=1S/C11H13F4NOS/c12-9-7-8(3-4-16)1-2-10(9)17-5-6-18-11(13,14)15/h1-2,7H,3-6,16H2. The molecule has 18 heavy (non-hydrogen) atoms. The van der Waals surface area contributed by atoms with Crippen molar-refractivity contribution < 1.29 is 22.3 Å². The number of benzene rings is 1. The highest BCUT2D eigenvalue weighted by molar-refractivity contribution is 8.00. The molecule has 0 aromatic heterocycles. The van der Waals surface area contributed by atoms with Crippen molar-refractivity contribution in [2.45, 2.75) is 11.9 Å². The first-order chi connectivity index (χ1) is 8.42. The number of rotatable bonds is 6. The van der Waals surface area contributed by atoms with E-state index in [9.17, 15) is 17.6 Å². The van der Waals surface area contributed by atoms with Crippen LogP contribution in [-0.2, 0) is 6.42 Å². The van der Waals surface area contributed by atoms with Gasteiger partial charge >= 0.3 is 5.51 Å². The van der Waals surface area contributed by atoms with Gasteiger partial charge in [-0.15, -0.1) is 0 Å². The van der Waals surface area contributed by atoms with Crippen molar-refractivity contribution in [2.75, 3.05) is 18.9 Å². The number of hydrogen-bond donors (Lipinski definition) is 1. The quantitative estimate of drug-likeness (QED) is 0.644. The smallest absolute Gasteiger partial charge is 0.441 e. The molecular weight excluding hydrogens is 270 g/mol. The maximum Gasteiger partial charge on any atom is 0.441 e. The van der Waals surface area contributed by atoms with E-state index in [1.165, 1.54) is 12.1 Å². The fourth-order valence-electron chi connectivity index (χ4n) is 1.29. The van der Waals surface area contributed by atoms with E-state index < -0.39 is 11.3 Å². The van der Waals surface area contributed by atoms with Crippen LogP contribution < -0.4 is 10.5 Å². The summed E-state index contributed by atoms with van der Waals surface area (Å²) in [5.74, 6) is -0.899. The van der Waals surface area contributed by atoms with Gasteiger partial charge in [0, 0.05) is 5.75 Å². The average molecular weight is 283 g/mol. The van der Waals surface area contributed by atoms with Gasteiger partial charge in [-0.2, -0.15) is 13.2 Å². The summed E-state index contributed by atoms with van der Waals surface area (Å²) in [5, 5.41) is 0. The van der Waals surface area contributed by atoms with Crippen molar-refractivity contribution in [3.05, 3.63) is 29.6 Å². The van der Waals surface area contributed by atoms with Gasteiger partial charge in [-0.25, -0.2) is 4.39 Å². The van der Waals surface area contributed by atoms with Gasteiger partial charge in [0.15, 0.2) is 11.6 Å². The molecule has 7 heteroatoms. The van der Waals surface area contributed by atoms with Crippen LogP contribution in [0.25, 0.3) is 0 Å². The molecule has 0 saturated heterocycles. The van der Waals surface area contributed by atoms with Gasteiger partial charge in [0.2, 0.25) is 0 Å². The molecule has 0 heterocycles. The molecule has 0 unspecified atom stereocenters. The molecule has 0 spiro atoms. The summed E-state index contributed by atoms with van der Waals surface area (Å²) in [5.41, 5.74) is 1.77. The summed E-state index contributed by atoms with van der Waals surface area (Å²) < 4.78 is 53.8. The molecule has 0 atom stereocenters. The summed E-state index contributed by atoms with van der Waals surface area (Å²) >= 11 is -0.194. The number of hydrogen-bond acceptors (Lipinski definition) is 3. The Morgan fingerprint density at radius 2 is 2.00 bits per heavy atom. The highest BCUT2D eigenvalue weighted by Gasteiger charge is 2.27. The maximum atomic E-state index is 13.4. The molecular formula is C11H13F4NOS. The van der Waals surface area contributed by atoms with Crippen LogP contribution in [0.3, 0.4) is 0 Å². The molecule has 0 fully saturated rings. The molecule has 1 aromatic carbocycles. The van der Waals surface area contributed by atoms with E-state index in [1.807, 2.05) is 0 Å². The fraction of sp³-hybridized carbons (Fsp3) is 0.455. The van der Waals surface area contributed by atoms with Crippen LogP contribution in [0, 0.1) is 5.82 Å². The van der Waals surface area contributed by atoms with Gasteiger partial charge in [-0.05, 0) is 42.4 Å². The van der Waals surface area contributed by atoms with E-state index >= 15 is 0 Å². The predicted octanol–water partition coefficient (Wildman–Crippen LogP) is 2.96. The number of halogens is 4. The normalized spacial score (nSPS) is 11.6. The van der Waals surface area contributed by atoms with Crippen molar-refractivity contribution in [3.63, 3.8) is 0 Å². The number of thioether (sulfide) groups is 1. The van der Waals surface area contributed by atoms with E-state index in [-0.39, 0.29) is 29.9 Å². The topological polar surface area (TPSA) is 35.2 Å². The zero-order chi connectivity index (χ0) is 13.6. The van der Waals surface area contributed by atoms with Crippen molar-refractivity contribution in [2.24, 2.45) is 5.73 Å². The Balaban J connectivity index is 2.43. The minimum absolute atomic E-state index is 0.0430. The van der Waals surface area contributed by atoms with Gasteiger partial charge < -0.3 is 10.5 Å². The summed E-state index contributed by atoms with van der Waals surface area (Å²) in [4.78, 5) is 0. The lowest BCUT2D eigenvalue weighted by atomic mass is 10.1. The Labute approximate surface area is 106 Å². The molecule has 2 N–H and O–H groups in total. The van der Waals surface area contributed by atoms with Crippen LogP contribution in [0.5, 0.6) is 5.75 Å². The largest absolute Gasteiger partial charge is 0.490 e. The Morgan fingerprint density at radius 3 is 2.56 bits per heavy atom. The van der Waals surface area contributed by atoms with Gasteiger partial charge in [0.05, 0.1) is 6.61 Å². The highest BCUT2D eigenvalue weighted by atomic mass is 32.2. The molecule has 0 saturated carbocycles. The van der Waals surface area contributed by atoms with E-state index in [1.54, 1.807) is 6.07 Å². The molecule has 1 rings (SSSR count). The molecule has 0 aliphatic heterocycles. The average Bonchev–Trinajstić information content (AvgIpc) is 2.26. The lowest BCUT2D eigenvalue weighted by Gasteiger charge is -2.09. The Kier molecular flexibility index (Phi) is 5.74. The van der Waals surface area contributed by atoms with E-state index in [2.05, 4.69) is 0 Å². The second-order valence-corrected chi connectivity index (χ2v) is 4.61. The minimum atomic E-state index is -4.28. The summed E-state index contributed by atoms with van der Waals surface area (Å²) in [6, 6.07) is 4.32. The molecule has 1 aromatic rings. The van der Waals surface area contributed by atoms with Crippen LogP contribution in [-0.4, -0.2) is 24.4 Å². The molecule has 0 aliphatic rings. The van der Waals surface area contributed by atoms with Crippen LogP contribution in [0.2, 0.25) is 0 Å². The van der Waals surface area contributed by atoms with Crippen molar-refractivity contribution in [1.82, 2.24) is 0 Å². The van der Waals surface area contributed by atoms with Crippen LogP contribution >= 0.6 is 11.8 Å². The van der Waals surface area contributed by atoms with Crippen LogP contribution in [0.4, 0.5) is 17.6 Å². The van der Waals surface area contributed by atoms with E-state index in [4.69, 9.17) is 10.5 Å². The third-order valence-electron chi connectivity index (χ3n) is 2.04. The minimum Gasteiger partial charge on any atom is -0.490 e. The SMILES string of the molecule is NCCc1ccc(OCCSC(F)(F)F)c(F)c1. The molecule has 2 nitrogen and oxygen atoms in total. The molecule has 0 aliphatic carbocycles. The zero-order valence-corrected chi connectivity index (χ0v) is 10.3. The van der Waals surface area contributed by atoms with E-state index in [0.717, 1.165) is 5.56 Å². The molecule has 0 radical (unpaired) electrons. The summed E-state index contributed by atoms with van der Waals surface area (Å²) in [6.07, 6.45) is 0.543. The van der Waals surface area contributed by atoms with Gasteiger partial charge in [-0.1, -0.05) is 6.07 Å². The molecule has 0 bridgehead atoms. The second-order valence-electron chi connectivity index (χ2n) is 3.45. The van der Waals surface area contributed by atoms with Crippen LogP contribution in [0.1, 0.15) is 5.56 Å². The first-order valence-corrected chi connectivity index (χ1v) is 6.23. The third-order valence-corrected chi connectivity index (χ3v) is 2.73. The molecule has 102 valence electrons. The third kappa shape index (κ3) is 5.59. The van der Waals surface area contributed by atoms with Crippen molar-refractivity contribution in [3.8, 4) is 5.75 Å². The number of ether oxygens (including phenoxy) is 1. The first kappa shape index (κ1) is 15.1. The summed E-state index contributed by atoms with van der Waals surface area (Å²) in [7, 11) is 0. The highest BCUT2D eigenvalue weighted by Crippen LogP contribution is 2.30. The zero-order valence-electron chi connectivity index (χ0n) is 9.47. The first-order valence-electron chi connectivity index (χ1n) is 5.24. The second kappa shape index (κ2) is 6.84. The molecule has 0 amide bonds. The Morgan fingerprint density at radius 1 is 1.28 bits per heavy atom. The fourth-order valence-corrected chi connectivity index (χ4v) is 1.69. The van der Waals surface area contributed by atoms with Gasteiger partial charge in [0.1, 0.15) is 0 Å². The lowest BCUT2D eigenvalue weighted by Crippen LogP contribution is -2.08. The predicted molar refractivity (Wildman–Crippen MR) is 63.2 cm³/mol. The van der Waals surface area contributed by atoms with Crippen molar-refractivity contribution >= 4 is 11.8 Å². The van der Waals surface area contributed by atoms with Crippen molar-refractivity contribution in [1.29, 1.82) is 0 Å². The van der Waals surface area contributed by atoms with E-state index in [0.29, 0.717) is 13.0 Å². The number of nitrogens with two attached hydrogens (primary N) is 1. The monoisotopic (exact) mass is 283 g/mol.